The number of methoxy groups -OCH3 is 1. The SMILES string of the molecule is COC(=O)c1cc2ccccc2c(-c2ccc(C(F)(F)F)cc2)c1-c1ccc(C)cc1. The first kappa shape index (κ1) is 20.7. The van der Waals surface area contributed by atoms with Gasteiger partial charge in [0.25, 0.3) is 0 Å². The third-order valence-corrected chi connectivity index (χ3v) is 5.30. The fourth-order valence-corrected chi connectivity index (χ4v) is 3.76. The van der Waals surface area contributed by atoms with E-state index in [1.165, 1.54) is 19.2 Å². The van der Waals surface area contributed by atoms with Gasteiger partial charge in [0, 0.05) is 5.56 Å². The van der Waals surface area contributed by atoms with Gasteiger partial charge in [-0.1, -0.05) is 66.2 Å². The molecule has 0 bridgehead atoms. The zero-order valence-electron chi connectivity index (χ0n) is 17.0. The van der Waals surface area contributed by atoms with Gasteiger partial charge in [-0.25, -0.2) is 4.79 Å². The van der Waals surface area contributed by atoms with Crippen molar-refractivity contribution in [3.8, 4) is 22.3 Å². The number of ether oxygens (including phenoxy) is 1. The van der Waals surface area contributed by atoms with E-state index in [0.29, 0.717) is 22.3 Å². The molecule has 0 atom stereocenters. The van der Waals surface area contributed by atoms with Crippen LogP contribution in [0.5, 0.6) is 0 Å². The smallest absolute Gasteiger partial charge is 0.416 e. The van der Waals surface area contributed by atoms with Crippen LogP contribution in [-0.2, 0) is 10.9 Å². The first-order chi connectivity index (χ1) is 14.8. The number of rotatable bonds is 3. The van der Waals surface area contributed by atoms with E-state index in [0.717, 1.165) is 34.0 Å². The minimum Gasteiger partial charge on any atom is -0.465 e. The van der Waals surface area contributed by atoms with Gasteiger partial charge in [-0.05, 0) is 52.6 Å². The molecule has 0 aliphatic carbocycles. The van der Waals surface area contributed by atoms with Crippen LogP contribution in [-0.4, -0.2) is 13.1 Å². The zero-order valence-corrected chi connectivity index (χ0v) is 17.0. The van der Waals surface area contributed by atoms with Crippen molar-refractivity contribution in [2.75, 3.05) is 7.11 Å². The summed E-state index contributed by atoms with van der Waals surface area (Å²) in [5, 5.41) is 1.64. The Balaban J connectivity index is 2.09. The monoisotopic (exact) mass is 420 g/mol. The number of hydrogen-bond acceptors (Lipinski definition) is 2. The van der Waals surface area contributed by atoms with E-state index in [4.69, 9.17) is 4.74 Å². The molecule has 0 heterocycles. The molecule has 0 fully saturated rings. The number of aryl methyl sites for hydroxylation is 1. The summed E-state index contributed by atoms with van der Waals surface area (Å²) in [6.07, 6.45) is -4.42. The van der Waals surface area contributed by atoms with Gasteiger partial charge in [0.1, 0.15) is 0 Å². The van der Waals surface area contributed by atoms with Crippen molar-refractivity contribution >= 4 is 16.7 Å². The molecule has 0 saturated heterocycles. The average molecular weight is 420 g/mol. The van der Waals surface area contributed by atoms with Gasteiger partial charge in [0.05, 0.1) is 18.2 Å². The summed E-state index contributed by atoms with van der Waals surface area (Å²) in [7, 11) is 1.31. The maximum Gasteiger partial charge on any atom is 0.416 e. The summed E-state index contributed by atoms with van der Waals surface area (Å²) in [6.45, 7) is 1.96. The van der Waals surface area contributed by atoms with Crippen LogP contribution in [0.4, 0.5) is 13.2 Å². The Morgan fingerprint density at radius 3 is 2.00 bits per heavy atom. The van der Waals surface area contributed by atoms with Crippen molar-refractivity contribution in [2.45, 2.75) is 13.1 Å². The second-order valence-electron chi connectivity index (χ2n) is 7.33. The lowest BCUT2D eigenvalue weighted by Crippen LogP contribution is -2.06. The molecule has 0 saturated carbocycles. The minimum atomic E-state index is -4.42. The molecule has 0 spiro atoms. The van der Waals surface area contributed by atoms with Gasteiger partial charge in [0.2, 0.25) is 0 Å². The molecule has 0 aliphatic rings. The van der Waals surface area contributed by atoms with Crippen molar-refractivity contribution in [1.29, 1.82) is 0 Å². The van der Waals surface area contributed by atoms with E-state index >= 15 is 0 Å². The first-order valence-electron chi connectivity index (χ1n) is 9.68. The molecule has 0 N–H and O–H groups in total. The molecule has 5 heteroatoms. The predicted molar refractivity (Wildman–Crippen MR) is 116 cm³/mol. The van der Waals surface area contributed by atoms with Gasteiger partial charge in [-0.2, -0.15) is 13.2 Å². The molecule has 0 amide bonds. The Morgan fingerprint density at radius 1 is 0.806 bits per heavy atom. The molecule has 0 aliphatic heterocycles. The van der Waals surface area contributed by atoms with Crippen LogP contribution in [0.25, 0.3) is 33.0 Å². The lowest BCUT2D eigenvalue weighted by molar-refractivity contribution is -0.137. The average Bonchev–Trinajstić information content (AvgIpc) is 2.77. The minimum absolute atomic E-state index is 0.361. The molecule has 156 valence electrons. The fourth-order valence-electron chi connectivity index (χ4n) is 3.76. The number of alkyl halides is 3. The largest absolute Gasteiger partial charge is 0.465 e. The van der Waals surface area contributed by atoms with Gasteiger partial charge in [0.15, 0.2) is 0 Å². The van der Waals surface area contributed by atoms with Crippen LogP contribution in [0.3, 0.4) is 0 Å². The van der Waals surface area contributed by atoms with Crippen molar-refractivity contribution in [3.05, 3.63) is 95.6 Å². The highest BCUT2D eigenvalue weighted by Crippen LogP contribution is 2.42. The van der Waals surface area contributed by atoms with Crippen LogP contribution in [0.15, 0.2) is 78.9 Å². The summed E-state index contributed by atoms with van der Waals surface area (Å²) >= 11 is 0. The van der Waals surface area contributed by atoms with Gasteiger partial charge < -0.3 is 4.74 Å². The zero-order chi connectivity index (χ0) is 22.2. The third kappa shape index (κ3) is 3.91. The maximum absolute atomic E-state index is 13.1. The highest BCUT2D eigenvalue weighted by atomic mass is 19.4. The van der Waals surface area contributed by atoms with Crippen molar-refractivity contribution < 1.29 is 22.7 Å². The summed E-state index contributed by atoms with van der Waals surface area (Å²) < 4.78 is 44.4. The Bertz CT molecular complexity index is 1260. The molecule has 4 aromatic carbocycles. The first-order valence-corrected chi connectivity index (χ1v) is 9.68. The summed E-state index contributed by atoms with van der Waals surface area (Å²) in [5.41, 5.74) is 3.39. The number of carbonyl (C=O) groups is 1. The number of halogens is 3. The van der Waals surface area contributed by atoms with E-state index in [1.54, 1.807) is 6.07 Å². The Labute approximate surface area is 177 Å². The van der Waals surface area contributed by atoms with E-state index in [9.17, 15) is 18.0 Å². The highest BCUT2D eigenvalue weighted by molar-refractivity contribution is 6.12. The second kappa shape index (κ2) is 7.91. The molecule has 0 unspecified atom stereocenters. The Morgan fingerprint density at radius 2 is 1.39 bits per heavy atom. The van der Waals surface area contributed by atoms with Crippen LogP contribution < -0.4 is 0 Å². The standard InChI is InChI=1S/C26H19F3O2/c1-16-7-9-17(10-8-16)24-22(25(30)31-2)15-19-5-3-4-6-21(19)23(24)18-11-13-20(14-12-18)26(27,28)29/h3-15H,1-2H3. The molecule has 2 nitrogen and oxygen atoms in total. The second-order valence-corrected chi connectivity index (χ2v) is 7.33. The van der Waals surface area contributed by atoms with E-state index < -0.39 is 17.7 Å². The van der Waals surface area contributed by atoms with Crippen molar-refractivity contribution in [3.63, 3.8) is 0 Å². The number of hydrogen-bond donors (Lipinski definition) is 0. The molecule has 4 rings (SSSR count). The van der Waals surface area contributed by atoms with E-state index in [2.05, 4.69) is 0 Å². The highest BCUT2D eigenvalue weighted by Gasteiger charge is 2.30. The van der Waals surface area contributed by atoms with Gasteiger partial charge >= 0.3 is 12.1 Å². The van der Waals surface area contributed by atoms with Crippen LogP contribution in [0, 0.1) is 6.92 Å². The quantitative estimate of drug-likeness (QED) is 0.325. The summed E-state index contributed by atoms with van der Waals surface area (Å²) in [5.74, 6) is -0.505. The summed E-state index contributed by atoms with van der Waals surface area (Å²) in [6, 6.07) is 22.0. The van der Waals surface area contributed by atoms with Crippen molar-refractivity contribution in [2.24, 2.45) is 0 Å². The van der Waals surface area contributed by atoms with Crippen LogP contribution in [0.1, 0.15) is 21.5 Å². The maximum atomic E-state index is 13.1. The van der Waals surface area contributed by atoms with E-state index in [1.807, 2.05) is 55.5 Å². The summed E-state index contributed by atoms with van der Waals surface area (Å²) in [4.78, 5) is 12.7. The predicted octanol–water partition coefficient (Wildman–Crippen LogP) is 7.29. The lowest BCUT2D eigenvalue weighted by Gasteiger charge is -2.18. The number of fused-ring (bicyclic) bond motifs is 1. The van der Waals surface area contributed by atoms with Crippen LogP contribution in [0.2, 0.25) is 0 Å². The van der Waals surface area contributed by atoms with E-state index in [-0.39, 0.29) is 0 Å². The number of carbonyl (C=O) groups excluding carboxylic acids is 1. The van der Waals surface area contributed by atoms with Gasteiger partial charge in [-0.15, -0.1) is 0 Å². The lowest BCUT2D eigenvalue weighted by atomic mass is 9.85. The fraction of sp³-hybridized carbons (Fsp3) is 0.115. The molecule has 0 aromatic heterocycles. The topological polar surface area (TPSA) is 26.3 Å². The van der Waals surface area contributed by atoms with Crippen LogP contribution >= 0.6 is 0 Å². The Hall–Kier alpha value is -3.60. The van der Waals surface area contributed by atoms with Gasteiger partial charge in [-0.3, -0.25) is 0 Å². The molecular formula is C26H19F3O2. The molecule has 31 heavy (non-hydrogen) atoms. The number of benzene rings is 4. The Kier molecular flexibility index (Phi) is 5.27. The molecular weight excluding hydrogens is 401 g/mol. The third-order valence-electron chi connectivity index (χ3n) is 5.30. The van der Waals surface area contributed by atoms with Crippen molar-refractivity contribution in [1.82, 2.24) is 0 Å². The normalized spacial score (nSPS) is 11.5. The molecule has 4 aromatic rings. The number of esters is 1. The molecule has 0 radical (unpaired) electrons.